The molecule has 104 valence electrons. The van der Waals surface area contributed by atoms with E-state index in [4.69, 9.17) is 0 Å². The van der Waals surface area contributed by atoms with Gasteiger partial charge in [-0.15, -0.1) is 0 Å². The van der Waals surface area contributed by atoms with Crippen LogP contribution >= 0.6 is 11.8 Å². The van der Waals surface area contributed by atoms with E-state index in [2.05, 4.69) is 52.5 Å². The number of fused-ring (bicyclic) bond motifs is 1. The van der Waals surface area contributed by atoms with Crippen molar-refractivity contribution in [2.75, 3.05) is 5.75 Å². The Hall–Kier alpha value is 0.0900. The molecule has 0 N–H and O–H groups in total. The highest BCUT2D eigenvalue weighted by atomic mass is 32.2. The van der Waals surface area contributed by atoms with Crippen LogP contribution in [-0.4, -0.2) is 11.0 Å². The molecule has 0 aromatic heterocycles. The van der Waals surface area contributed by atoms with Crippen molar-refractivity contribution in [1.29, 1.82) is 0 Å². The molecule has 0 saturated heterocycles. The molecular formula is C17H30S. The predicted octanol–water partition coefficient (Wildman–Crippen LogP) is 5.68. The molecule has 18 heavy (non-hydrogen) atoms. The third-order valence-electron chi connectivity index (χ3n) is 5.56. The molecule has 1 saturated carbocycles. The molecule has 0 aromatic carbocycles. The fourth-order valence-electron chi connectivity index (χ4n) is 4.58. The predicted molar refractivity (Wildman–Crippen MR) is 84.1 cm³/mol. The number of thioether (sulfide) groups is 1. The Balaban J connectivity index is 2.27. The van der Waals surface area contributed by atoms with Gasteiger partial charge in [-0.2, -0.15) is 11.8 Å². The molecule has 0 radical (unpaired) electrons. The van der Waals surface area contributed by atoms with Gasteiger partial charge in [-0.05, 0) is 61.5 Å². The Bertz CT molecular complexity index is 329. The zero-order valence-electron chi connectivity index (χ0n) is 12.9. The quantitative estimate of drug-likeness (QED) is 0.579. The van der Waals surface area contributed by atoms with Gasteiger partial charge in [-0.3, -0.25) is 0 Å². The number of rotatable bonds is 2. The Morgan fingerprint density at radius 3 is 2.72 bits per heavy atom. The van der Waals surface area contributed by atoms with Gasteiger partial charge < -0.3 is 0 Å². The minimum absolute atomic E-state index is 0.541. The van der Waals surface area contributed by atoms with E-state index in [9.17, 15) is 0 Å². The average Bonchev–Trinajstić information content (AvgIpc) is 2.42. The van der Waals surface area contributed by atoms with E-state index in [0.29, 0.717) is 10.8 Å². The van der Waals surface area contributed by atoms with E-state index >= 15 is 0 Å². The van der Waals surface area contributed by atoms with Crippen molar-refractivity contribution in [3.63, 3.8) is 0 Å². The molecule has 2 aliphatic carbocycles. The van der Waals surface area contributed by atoms with Crippen LogP contribution in [-0.2, 0) is 0 Å². The summed E-state index contributed by atoms with van der Waals surface area (Å²) in [5, 5.41) is 0.884. The van der Waals surface area contributed by atoms with Crippen molar-refractivity contribution in [2.24, 2.45) is 16.7 Å². The summed E-state index contributed by atoms with van der Waals surface area (Å²) in [6.07, 6.45) is 9.36. The summed E-state index contributed by atoms with van der Waals surface area (Å²) >= 11 is 2.22. The highest BCUT2D eigenvalue weighted by molar-refractivity contribution is 7.99. The minimum Gasteiger partial charge on any atom is -0.158 e. The third-order valence-corrected chi connectivity index (χ3v) is 7.00. The molecule has 0 nitrogen and oxygen atoms in total. The van der Waals surface area contributed by atoms with Crippen LogP contribution in [0.1, 0.15) is 66.7 Å². The van der Waals surface area contributed by atoms with Gasteiger partial charge in [0.25, 0.3) is 0 Å². The van der Waals surface area contributed by atoms with Gasteiger partial charge in [0.2, 0.25) is 0 Å². The second-order valence-electron chi connectivity index (χ2n) is 7.32. The van der Waals surface area contributed by atoms with Crippen LogP contribution in [0, 0.1) is 16.7 Å². The molecule has 2 rings (SSSR count). The van der Waals surface area contributed by atoms with Crippen molar-refractivity contribution in [2.45, 2.75) is 72.0 Å². The molecule has 0 bridgehead atoms. The highest BCUT2D eigenvalue weighted by Gasteiger charge is 2.54. The molecule has 0 aliphatic heterocycles. The van der Waals surface area contributed by atoms with Crippen LogP contribution < -0.4 is 0 Å². The molecule has 2 aliphatic rings. The number of hydrogen-bond donors (Lipinski definition) is 0. The Morgan fingerprint density at radius 2 is 2.06 bits per heavy atom. The van der Waals surface area contributed by atoms with Crippen LogP contribution in [0.5, 0.6) is 0 Å². The summed E-state index contributed by atoms with van der Waals surface area (Å²) in [6, 6.07) is 0. The topological polar surface area (TPSA) is 0 Å². The van der Waals surface area contributed by atoms with E-state index in [0.717, 1.165) is 11.2 Å². The largest absolute Gasteiger partial charge is 0.158 e. The van der Waals surface area contributed by atoms with E-state index in [1.807, 2.05) is 0 Å². The van der Waals surface area contributed by atoms with Gasteiger partial charge >= 0.3 is 0 Å². The molecule has 1 fully saturated rings. The first-order valence-electron chi connectivity index (χ1n) is 7.67. The number of hydrogen-bond acceptors (Lipinski definition) is 1. The standard InChI is InChI=1S/C17H30S/c1-6-18-15-12-16(3,4)14-10-9-13(2)8-7-11-17(14,15)5/h8,14-15H,6-7,9-12H2,1-5H3/b13-8-/t14-,15?,17+/m1/s1. The molecule has 0 heterocycles. The maximum atomic E-state index is 2.59. The van der Waals surface area contributed by atoms with Crippen molar-refractivity contribution in [3.8, 4) is 0 Å². The lowest BCUT2D eigenvalue weighted by Crippen LogP contribution is -2.34. The zero-order valence-corrected chi connectivity index (χ0v) is 13.7. The fourth-order valence-corrected chi connectivity index (χ4v) is 6.19. The second kappa shape index (κ2) is 5.23. The van der Waals surface area contributed by atoms with E-state index in [1.165, 1.54) is 37.9 Å². The summed E-state index contributed by atoms with van der Waals surface area (Å²) < 4.78 is 0. The first kappa shape index (κ1) is 14.5. The van der Waals surface area contributed by atoms with Crippen LogP contribution in [0.15, 0.2) is 11.6 Å². The van der Waals surface area contributed by atoms with Gasteiger partial charge in [-0.1, -0.05) is 39.3 Å². The van der Waals surface area contributed by atoms with Gasteiger partial charge in [0.05, 0.1) is 0 Å². The van der Waals surface area contributed by atoms with Crippen LogP contribution in [0.3, 0.4) is 0 Å². The Morgan fingerprint density at radius 1 is 1.33 bits per heavy atom. The Kier molecular flexibility index (Phi) is 4.21. The number of allylic oxidation sites excluding steroid dienone is 2. The molecule has 0 amide bonds. The first-order chi connectivity index (χ1) is 8.40. The minimum atomic E-state index is 0.541. The van der Waals surface area contributed by atoms with Crippen molar-refractivity contribution >= 4 is 11.8 Å². The molecular weight excluding hydrogens is 236 g/mol. The molecule has 3 atom stereocenters. The maximum Gasteiger partial charge on any atom is 0.0109 e. The van der Waals surface area contributed by atoms with E-state index in [-0.39, 0.29) is 0 Å². The van der Waals surface area contributed by atoms with Crippen LogP contribution in [0.25, 0.3) is 0 Å². The van der Waals surface area contributed by atoms with Crippen LogP contribution in [0.4, 0.5) is 0 Å². The second-order valence-corrected chi connectivity index (χ2v) is 8.80. The molecule has 0 aromatic rings. The lowest BCUT2D eigenvalue weighted by molar-refractivity contribution is 0.121. The lowest BCUT2D eigenvalue weighted by Gasteiger charge is -2.41. The summed E-state index contributed by atoms with van der Waals surface area (Å²) in [5.74, 6) is 2.19. The van der Waals surface area contributed by atoms with Gasteiger partial charge in [0.15, 0.2) is 0 Å². The first-order valence-corrected chi connectivity index (χ1v) is 8.72. The Labute approximate surface area is 118 Å². The van der Waals surface area contributed by atoms with Gasteiger partial charge in [-0.25, -0.2) is 0 Å². The summed E-state index contributed by atoms with van der Waals surface area (Å²) in [4.78, 5) is 0. The SMILES string of the molecule is CCSC1CC(C)(C)[C@H]2CC/C(C)=C\CC[C@]12C. The average molecular weight is 266 g/mol. The smallest absolute Gasteiger partial charge is 0.0109 e. The molecule has 0 spiro atoms. The summed E-state index contributed by atoms with van der Waals surface area (Å²) in [6.45, 7) is 12.3. The molecule has 1 unspecified atom stereocenters. The van der Waals surface area contributed by atoms with Crippen LogP contribution in [0.2, 0.25) is 0 Å². The van der Waals surface area contributed by atoms with E-state index in [1.54, 1.807) is 5.57 Å². The monoisotopic (exact) mass is 266 g/mol. The summed E-state index contributed by atoms with van der Waals surface area (Å²) in [5.41, 5.74) is 2.74. The normalized spacial score (nSPS) is 42.6. The van der Waals surface area contributed by atoms with Crippen molar-refractivity contribution in [3.05, 3.63) is 11.6 Å². The highest BCUT2D eigenvalue weighted by Crippen LogP contribution is 2.61. The fraction of sp³-hybridized carbons (Fsp3) is 0.882. The zero-order chi connectivity index (χ0) is 13.4. The summed E-state index contributed by atoms with van der Waals surface area (Å²) in [7, 11) is 0. The lowest BCUT2D eigenvalue weighted by atomic mass is 9.66. The van der Waals surface area contributed by atoms with Gasteiger partial charge in [0.1, 0.15) is 0 Å². The van der Waals surface area contributed by atoms with Crippen molar-refractivity contribution in [1.82, 2.24) is 0 Å². The van der Waals surface area contributed by atoms with E-state index < -0.39 is 0 Å². The molecule has 1 heteroatoms. The van der Waals surface area contributed by atoms with Crippen molar-refractivity contribution < 1.29 is 0 Å². The maximum absolute atomic E-state index is 2.59. The van der Waals surface area contributed by atoms with Gasteiger partial charge in [0, 0.05) is 5.25 Å². The third kappa shape index (κ3) is 2.53.